The first-order valence-electron chi connectivity index (χ1n) is 14.1. The molecule has 1 atom stereocenters. The molecule has 1 amide bonds. The molecule has 2 saturated heterocycles. The highest BCUT2D eigenvalue weighted by atomic mass is 16.5. The standard InChI is InChI=1S/C30H35N7O3/c1-2-3-13-37-27-26(33-20-36(30(27)39)19-24-23-9-5-4-7-21(23)10-11-32-24)25(29(38)34-14-16-40-17-15-34)28(37)35-12-6-8-22(31)18-35/h4,7,10-11,20,22H,5-6,8-9,12-19,31H2,1H3/t22-/m0/s1. The summed E-state index contributed by atoms with van der Waals surface area (Å²) in [6, 6.07) is 1.99. The SMILES string of the molecule is CC#CCn1c(N2CCC[C@H](N)C2)c(C(=O)N2CCOCC2)c2ncn(Cc3nccc4c3CCC=C4)c(=O)c21. The van der Waals surface area contributed by atoms with Gasteiger partial charge in [0.25, 0.3) is 11.5 Å². The Kier molecular flexibility index (Phi) is 7.41. The lowest BCUT2D eigenvalue weighted by Crippen LogP contribution is -2.45. The number of aromatic nitrogens is 4. The van der Waals surface area contributed by atoms with Gasteiger partial charge in [0.1, 0.15) is 22.4 Å². The number of carbonyl (C=O) groups excluding carboxylic acids is 1. The van der Waals surface area contributed by atoms with Gasteiger partial charge in [-0.2, -0.15) is 0 Å². The highest BCUT2D eigenvalue weighted by Gasteiger charge is 2.34. The number of pyridine rings is 1. The van der Waals surface area contributed by atoms with E-state index in [0.717, 1.165) is 49.0 Å². The molecule has 5 heterocycles. The van der Waals surface area contributed by atoms with Crippen LogP contribution in [0.25, 0.3) is 17.1 Å². The van der Waals surface area contributed by atoms with Gasteiger partial charge in [-0.1, -0.05) is 18.1 Å². The van der Waals surface area contributed by atoms with Crippen LogP contribution in [0.1, 0.15) is 53.4 Å². The van der Waals surface area contributed by atoms with E-state index in [2.05, 4.69) is 33.9 Å². The minimum absolute atomic E-state index is 0.0159. The fourth-order valence-electron chi connectivity index (χ4n) is 6.06. The van der Waals surface area contributed by atoms with Gasteiger partial charge < -0.3 is 24.8 Å². The summed E-state index contributed by atoms with van der Waals surface area (Å²) in [5, 5.41) is 0. The minimum atomic E-state index is -0.211. The molecule has 2 fully saturated rings. The van der Waals surface area contributed by atoms with Gasteiger partial charge in [-0.15, -0.1) is 5.92 Å². The Morgan fingerprint density at radius 2 is 2.08 bits per heavy atom. The summed E-state index contributed by atoms with van der Waals surface area (Å²) in [6.07, 6.45) is 11.3. The number of morpholine rings is 1. The number of fused-ring (bicyclic) bond motifs is 2. The highest BCUT2D eigenvalue weighted by Crippen LogP contribution is 2.33. The number of nitrogens with two attached hydrogens (primary N) is 1. The molecular formula is C30H35N7O3. The molecule has 3 aromatic heterocycles. The first kappa shape index (κ1) is 26.3. The number of ether oxygens (including phenoxy) is 1. The molecule has 0 aromatic carbocycles. The van der Waals surface area contributed by atoms with Gasteiger partial charge in [0.05, 0.1) is 38.3 Å². The largest absolute Gasteiger partial charge is 0.378 e. The van der Waals surface area contributed by atoms with Gasteiger partial charge in [0.2, 0.25) is 0 Å². The Labute approximate surface area is 233 Å². The van der Waals surface area contributed by atoms with Crippen molar-refractivity contribution in [2.75, 3.05) is 44.3 Å². The van der Waals surface area contributed by atoms with Crippen LogP contribution in [0.3, 0.4) is 0 Å². The molecule has 40 heavy (non-hydrogen) atoms. The van der Waals surface area contributed by atoms with Crippen molar-refractivity contribution in [1.82, 2.24) is 24.0 Å². The Bertz CT molecular complexity index is 1590. The van der Waals surface area contributed by atoms with Gasteiger partial charge in [-0.05, 0) is 49.8 Å². The molecule has 10 heteroatoms. The third kappa shape index (κ3) is 4.80. The number of amides is 1. The van der Waals surface area contributed by atoms with Gasteiger partial charge in [-0.3, -0.25) is 19.1 Å². The van der Waals surface area contributed by atoms with Crippen LogP contribution >= 0.6 is 0 Å². The molecule has 1 aliphatic carbocycles. The molecule has 6 rings (SSSR count). The quantitative estimate of drug-likeness (QED) is 0.492. The number of hydrogen-bond donors (Lipinski definition) is 1. The first-order chi connectivity index (χ1) is 19.6. The Morgan fingerprint density at radius 1 is 1.23 bits per heavy atom. The molecule has 10 nitrogen and oxygen atoms in total. The van der Waals surface area contributed by atoms with Crippen LogP contribution in [-0.2, 0) is 24.2 Å². The van der Waals surface area contributed by atoms with Crippen LogP contribution in [0.4, 0.5) is 5.82 Å². The monoisotopic (exact) mass is 541 g/mol. The molecule has 208 valence electrons. The zero-order chi connectivity index (χ0) is 27.6. The normalized spacial score (nSPS) is 18.9. The van der Waals surface area contributed by atoms with Crippen molar-refractivity contribution >= 4 is 28.8 Å². The van der Waals surface area contributed by atoms with E-state index < -0.39 is 0 Å². The predicted octanol–water partition coefficient (Wildman–Crippen LogP) is 2.02. The molecule has 2 aliphatic heterocycles. The maximum absolute atomic E-state index is 14.2. The third-order valence-corrected chi connectivity index (χ3v) is 8.04. The molecule has 3 aromatic rings. The van der Waals surface area contributed by atoms with Crippen molar-refractivity contribution in [3.05, 3.63) is 57.4 Å². The maximum Gasteiger partial charge on any atom is 0.278 e. The number of rotatable bonds is 5. The molecule has 0 radical (unpaired) electrons. The second-order valence-corrected chi connectivity index (χ2v) is 10.6. The van der Waals surface area contributed by atoms with Crippen LogP contribution in [0.15, 0.2) is 29.5 Å². The van der Waals surface area contributed by atoms with E-state index in [-0.39, 0.29) is 24.1 Å². The topological polar surface area (TPSA) is 112 Å². The highest BCUT2D eigenvalue weighted by molar-refractivity contribution is 6.10. The van der Waals surface area contributed by atoms with Crippen molar-refractivity contribution in [2.24, 2.45) is 5.73 Å². The number of anilines is 1. The van der Waals surface area contributed by atoms with Crippen LogP contribution in [0.2, 0.25) is 0 Å². The molecule has 0 bridgehead atoms. The fraction of sp³-hybridized carbons (Fsp3) is 0.467. The Hall–Kier alpha value is -3.94. The molecule has 2 N–H and O–H groups in total. The van der Waals surface area contributed by atoms with Crippen molar-refractivity contribution in [3.8, 4) is 11.8 Å². The van der Waals surface area contributed by atoms with Crippen molar-refractivity contribution in [1.29, 1.82) is 0 Å². The lowest BCUT2D eigenvalue weighted by Gasteiger charge is -2.34. The van der Waals surface area contributed by atoms with E-state index in [9.17, 15) is 9.59 Å². The average molecular weight is 542 g/mol. The summed E-state index contributed by atoms with van der Waals surface area (Å²) in [4.78, 5) is 41.7. The molecule has 0 saturated carbocycles. The summed E-state index contributed by atoms with van der Waals surface area (Å²) < 4.78 is 8.99. The van der Waals surface area contributed by atoms with E-state index in [1.807, 2.05) is 10.6 Å². The van der Waals surface area contributed by atoms with Crippen molar-refractivity contribution in [3.63, 3.8) is 0 Å². The van der Waals surface area contributed by atoms with E-state index >= 15 is 0 Å². The maximum atomic E-state index is 14.2. The molecule has 0 unspecified atom stereocenters. The smallest absolute Gasteiger partial charge is 0.278 e. The lowest BCUT2D eigenvalue weighted by atomic mass is 9.96. The zero-order valence-corrected chi connectivity index (χ0v) is 22.9. The van der Waals surface area contributed by atoms with Crippen molar-refractivity contribution in [2.45, 2.75) is 51.7 Å². The van der Waals surface area contributed by atoms with E-state index in [0.29, 0.717) is 61.8 Å². The van der Waals surface area contributed by atoms with Gasteiger partial charge >= 0.3 is 0 Å². The minimum Gasteiger partial charge on any atom is -0.378 e. The Balaban J connectivity index is 1.53. The van der Waals surface area contributed by atoms with Crippen LogP contribution in [0.5, 0.6) is 0 Å². The number of allylic oxidation sites excluding steroid dienone is 1. The number of carbonyl (C=O) groups is 1. The summed E-state index contributed by atoms with van der Waals surface area (Å²) in [6.45, 7) is 5.66. The average Bonchev–Trinajstić information content (AvgIpc) is 3.32. The van der Waals surface area contributed by atoms with Crippen LogP contribution < -0.4 is 16.2 Å². The molecule has 0 spiro atoms. The zero-order valence-electron chi connectivity index (χ0n) is 22.9. The lowest BCUT2D eigenvalue weighted by molar-refractivity contribution is 0.0304. The molecular weight excluding hydrogens is 506 g/mol. The predicted molar refractivity (Wildman–Crippen MR) is 154 cm³/mol. The van der Waals surface area contributed by atoms with E-state index in [4.69, 9.17) is 15.5 Å². The van der Waals surface area contributed by atoms with E-state index in [1.165, 1.54) is 0 Å². The van der Waals surface area contributed by atoms with Crippen molar-refractivity contribution < 1.29 is 9.53 Å². The fourth-order valence-corrected chi connectivity index (χ4v) is 6.06. The number of piperidine rings is 1. The van der Waals surface area contributed by atoms with E-state index in [1.54, 1.807) is 28.9 Å². The Morgan fingerprint density at radius 3 is 2.88 bits per heavy atom. The second kappa shape index (κ2) is 11.3. The van der Waals surface area contributed by atoms with Crippen LogP contribution in [0, 0.1) is 11.8 Å². The van der Waals surface area contributed by atoms with Gasteiger partial charge in [0.15, 0.2) is 0 Å². The summed E-state index contributed by atoms with van der Waals surface area (Å²) in [5.41, 5.74) is 10.6. The van der Waals surface area contributed by atoms with Gasteiger partial charge in [-0.25, -0.2) is 4.98 Å². The molecule has 3 aliphatic rings. The number of nitrogens with zero attached hydrogens (tertiary/aromatic N) is 6. The summed E-state index contributed by atoms with van der Waals surface area (Å²) in [5.74, 6) is 6.64. The summed E-state index contributed by atoms with van der Waals surface area (Å²) >= 11 is 0. The summed E-state index contributed by atoms with van der Waals surface area (Å²) in [7, 11) is 0. The van der Waals surface area contributed by atoms with Crippen LogP contribution in [-0.4, -0.2) is 75.3 Å². The number of hydrogen-bond acceptors (Lipinski definition) is 7. The first-order valence-corrected chi connectivity index (χ1v) is 14.1. The third-order valence-electron chi connectivity index (χ3n) is 8.04. The second-order valence-electron chi connectivity index (χ2n) is 10.6. The van der Waals surface area contributed by atoms with Gasteiger partial charge in [0, 0.05) is 38.4 Å².